The van der Waals surface area contributed by atoms with Crippen molar-refractivity contribution in [2.24, 2.45) is 0 Å². The fourth-order valence-corrected chi connectivity index (χ4v) is 3.13. The summed E-state index contributed by atoms with van der Waals surface area (Å²) < 4.78 is 0. The Morgan fingerprint density at radius 1 is 1.32 bits per heavy atom. The quantitative estimate of drug-likeness (QED) is 0.847. The molecule has 1 aliphatic heterocycles. The maximum absolute atomic E-state index is 11.4. The standard InChI is InChI=1S/C18H28N2O2/c1-3-16-7-5-6-12-20(16)13-17(21)14-8-10-15(11-9-14)19-18(22)4-2/h8-11,16-17,21H,3-7,12-13H2,1-2H3,(H,19,22). The first-order chi connectivity index (χ1) is 10.6. The second-order valence-electron chi connectivity index (χ2n) is 6.09. The molecule has 1 aromatic rings. The third kappa shape index (κ3) is 4.55. The monoisotopic (exact) mass is 304 g/mol. The summed E-state index contributed by atoms with van der Waals surface area (Å²) in [5, 5.41) is 13.3. The fraction of sp³-hybridized carbons (Fsp3) is 0.611. The zero-order valence-electron chi connectivity index (χ0n) is 13.7. The predicted octanol–water partition coefficient (Wildman–Crippen LogP) is 3.33. The molecule has 0 spiro atoms. The Kier molecular flexibility index (Phi) is 6.40. The lowest BCUT2D eigenvalue weighted by Gasteiger charge is -2.36. The molecule has 2 N–H and O–H groups in total. The highest BCUT2D eigenvalue weighted by atomic mass is 16.3. The highest BCUT2D eigenvalue weighted by Gasteiger charge is 2.23. The highest BCUT2D eigenvalue weighted by Crippen LogP contribution is 2.24. The van der Waals surface area contributed by atoms with Crippen LogP contribution in [0.15, 0.2) is 24.3 Å². The number of carbonyl (C=O) groups is 1. The zero-order valence-corrected chi connectivity index (χ0v) is 13.7. The van der Waals surface area contributed by atoms with Gasteiger partial charge in [-0.3, -0.25) is 9.69 Å². The maximum Gasteiger partial charge on any atom is 0.224 e. The first kappa shape index (κ1) is 17.0. The van der Waals surface area contributed by atoms with Gasteiger partial charge in [0, 0.05) is 24.7 Å². The lowest BCUT2D eigenvalue weighted by molar-refractivity contribution is -0.115. The van der Waals surface area contributed by atoms with E-state index in [-0.39, 0.29) is 5.91 Å². The summed E-state index contributed by atoms with van der Waals surface area (Å²) in [6.07, 6.45) is 4.92. The van der Waals surface area contributed by atoms with Gasteiger partial charge in [0.1, 0.15) is 0 Å². The van der Waals surface area contributed by atoms with Gasteiger partial charge in [0.2, 0.25) is 5.91 Å². The molecule has 1 heterocycles. The first-order valence-corrected chi connectivity index (χ1v) is 8.46. The summed E-state index contributed by atoms with van der Waals surface area (Å²) in [7, 11) is 0. The Labute approximate surface area is 133 Å². The van der Waals surface area contributed by atoms with E-state index in [1.54, 1.807) is 0 Å². The summed E-state index contributed by atoms with van der Waals surface area (Å²) in [6, 6.07) is 8.13. The Morgan fingerprint density at radius 3 is 2.68 bits per heavy atom. The predicted molar refractivity (Wildman–Crippen MR) is 89.8 cm³/mol. The smallest absolute Gasteiger partial charge is 0.224 e. The van der Waals surface area contributed by atoms with Crippen LogP contribution in [0.2, 0.25) is 0 Å². The molecule has 2 rings (SSSR count). The number of benzene rings is 1. The van der Waals surface area contributed by atoms with Crippen molar-refractivity contribution in [3.63, 3.8) is 0 Å². The molecule has 1 aromatic carbocycles. The van der Waals surface area contributed by atoms with Crippen LogP contribution in [0.5, 0.6) is 0 Å². The number of hydrogen-bond donors (Lipinski definition) is 2. The first-order valence-electron chi connectivity index (χ1n) is 8.46. The van der Waals surface area contributed by atoms with Crippen molar-refractivity contribution < 1.29 is 9.90 Å². The summed E-state index contributed by atoms with van der Waals surface area (Å²) in [5.74, 6) is 0.00685. The molecule has 0 radical (unpaired) electrons. The van der Waals surface area contributed by atoms with Crippen LogP contribution in [-0.2, 0) is 4.79 Å². The minimum absolute atomic E-state index is 0.00685. The summed E-state index contributed by atoms with van der Waals surface area (Å²) in [5.41, 5.74) is 1.70. The van der Waals surface area contributed by atoms with Crippen LogP contribution in [0.1, 0.15) is 57.6 Å². The van der Waals surface area contributed by atoms with Crippen molar-refractivity contribution in [1.29, 1.82) is 0 Å². The Balaban J connectivity index is 1.94. The topological polar surface area (TPSA) is 52.6 Å². The van der Waals surface area contributed by atoms with E-state index in [4.69, 9.17) is 0 Å². The second kappa shape index (κ2) is 8.30. The number of nitrogens with zero attached hydrogens (tertiary/aromatic N) is 1. The van der Waals surface area contributed by atoms with E-state index >= 15 is 0 Å². The van der Waals surface area contributed by atoms with Crippen molar-refractivity contribution in [1.82, 2.24) is 4.90 Å². The van der Waals surface area contributed by atoms with Gasteiger partial charge in [0.25, 0.3) is 0 Å². The van der Waals surface area contributed by atoms with Crippen molar-refractivity contribution in [3.8, 4) is 0 Å². The molecule has 2 atom stereocenters. The van der Waals surface area contributed by atoms with Gasteiger partial charge < -0.3 is 10.4 Å². The number of carbonyl (C=O) groups excluding carboxylic acids is 1. The van der Waals surface area contributed by atoms with E-state index in [1.165, 1.54) is 19.3 Å². The van der Waals surface area contributed by atoms with Gasteiger partial charge in [-0.25, -0.2) is 0 Å². The molecule has 4 heteroatoms. The molecule has 0 bridgehead atoms. The summed E-state index contributed by atoms with van der Waals surface area (Å²) in [4.78, 5) is 13.8. The van der Waals surface area contributed by atoms with E-state index in [1.807, 2.05) is 31.2 Å². The van der Waals surface area contributed by atoms with Gasteiger partial charge in [-0.05, 0) is 43.5 Å². The van der Waals surface area contributed by atoms with Crippen molar-refractivity contribution in [3.05, 3.63) is 29.8 Å². The van der Waals surface area contributed by atoms with Crippen LogP contribution < -0.4 is 5.32 Å². The second-order valence-corrected chi connectivity index (χ2v) is 6.09. The van der Waals surface area contributed by atoms with Crippen molar-refractivity contribution in [2.75, 3.05) is 18.4 Å². The van der Waals surface area contributed by atoms with E-state index in [9.17, 15) is 9.90 Å². The molecule has 1 saturated heterocycles. The zero-order chi connectivity index (χ0) is 15.9. The average Bonchev–Trinajstić information content (AvgIpc) is 2.55. The number of amides is 1. The van der Waals surface area contributed by atoms with Crippen LogP contribution in [0.4, 0.5) is 5.69 Å². The van der Waals surface area contributed by atoms with Gasteiger partial charge in [-0.2, -0.15) is 0 Å². The number of likely N-dealkylation sites (tertiary alicyclic amines) is 1. The van der Waals surface area contributed by atoms with E-state index in [0.717, 1.165) is 24.2 Å². The molecule has 0 saturated carbocycles. The number of hydrogen-bond acceptors (Lipinski definition) is 3. The minimum Gasteiger partial charge on any atom is -0.387 e. The molecule has 22 heavy (non-hydrogen) atoms. The number of aliphatic hydroxyl groups is 1. The number of anilines is 1. The number of nitrogens with one attached hydrogen (secondary N) is 1. The van der Waals surface area contributed by atoms with E-state index in [2.05, 4.69) is 17.1 Å². The third-order valence-corrected chi connectivity index (χ3v) is 4.53. The van der Waals surface area contributed by atoms with E-state index in [0.29, 0.717) is 19.0 Å². The van der Waals surface area contributed by atoms with Crippen LogP contribution >= 0.6 is 0 Å². The lowest BCUT2D eigenvalue weighted by Crippen LogP contribution is -2.41. The highest BCUT2D eigenvalue weighted by molar-refractivity contribution is 5.90. The Morgan fingerprint density at radius 2 is 2.05 bits per heavy atom. The SMILES string of the molecule is CCC(=O)Nc1ccc(C(O)CN2CCCCC2CC)cc1. The van der Waals surface area contributed by atoms with Gasteiger partial charge in [-0.15, -0.1) is 0 Å². The lowest BCUT2D eigenvalue weighted by atomic mass is 9.98. The van der Waals surface area contributed by atoms with Crippen LogP contribution in [0.25, 0.3) is 0 Å². The molecular formula is C18H28N2O2. The molecule has 0 aliphatic carbocycles. The van der Waals surface area contributed by atoms with Crippen molar-refractivity contribution >= 4 is 11.6 Å². The molecular weight excluding hydrogens is 276 g/mol. The molecule has 1 amide bonds. The van der Waals surface area contributed by atoms with Gasteiger partial charge in [-0.1, -0.05) is 32.4 Å². The maximum atomic E-state index is 11.4. The van der Waals surface area contributed by atoms with Crippen LogP contribution in [-0.4, -0.2) is 35.0 Å². The van der Waals surface area contributed by atoms with Gasteiger partial charge in [0.15, 0.2) is 0 Å². The summed E-state index contributed by atoms with van der Waals surface area (Å²) in [6.45, 7) is 5.83. The van der Waals surface area contributed by atoms with Gasteiger partial charge >= 0.3 is 0 Å². The Bertz CT molecular complexity index is 472. The summed E-state index contributed by atoms with van der Waals surface area (Å²) >= 11 is 0. The average molecular weight is 304 g/mol. The fourth-order valence-electron chi connectivity index (χ4n) is 3.13. The Hall–Kier alpha value is -1.39. The molecule has 2 unspecified atom stereocenters. The number of rotatable bonds is 6. The van der Waals surface area contributed by atoms with Crippen molar-refractivity contribution in [2.45, 2.75) is 58.1 Å². The molecule has 1 fully saturated rings. The number of piperidine rings is 1. The molecule has 4 nitrogen and oxygen atoms in total. The van der Waals surface area contributed by atoms with Crippen LogP contribution in [0, 0.1) is 0 Å². The number of aliphatic hydroxyl groups excluding tert-OH is 1. The largest absolute Gasteiger partial charge is 0.387 e. The van der Waals surface area contributed by atoms with Crippen LogP contribution in [0.3, 0.4) is 0 Å². The minimum atomic E-state index is -0.469. The molecule has 0 aromatic heterocycles. The molecule has 122 valence electrons. The number of β-amino-alcohol motifs (C(OH)–C–C–N with tert-alkyl or cyclic N) is 1. The van der Waals surface area contributed by atoms with Gasteiger partial charge in [0.05, 0.1) is 6.10 Å². The molecule has 1 aliphatic rings. The van der Waals surface area contributed by atoms with E-state index < -0.39 is 6.10 Å². The third-order valence-electron chi connectivity index (χ3n) is 4.53. The normalized spacial score (nSPS) is 20.6.